The lowest BCUT2D eigenvalue weighted by atomic mass is 10.1. The van der Waals surface area contributed by atoms with Gasteiger partial charge in [-0.3, -0.25) is 0 Å². The first-order valence-electron chi connectivity index (χ1n) is 9.03. The van der Waals surface area contributed by atoms with Gasteiger partial charge in [-0.2, -0.15) is 0 Å². The van der Waals surface area contributed by atoms with Crippen molar-refractivity contribution in [2.45, 2.75) is 19.2 Å². The number of methoxy groups -OCH3 is 1. The first kappa shape index (κ1) is 19.0. The molecular weight excluding hydrogens is 338 g/mol. The first-order valence-corrected chi connectivity index (χ1v) is 9.03. The fourth-order valence-corrected chi connectivity index (χ4v) is 2.96. The lowest BCUT2D eigenvalue weighted by Gasteiger charge is -2.19. The summed E-state index contributed by atoms with van der Waals surface area (Å²) in [5, 5.41) is 13.2. The van der Waals surface area contributed by atoms with Crippen LogP contribution in [-0.2, 0) is 13.2 Å². The highest BCUT2D eigenvalue weighted by Crippen LogP contribution is 2.32. The molecule has 4 nitrogen and oxygen atoms in total. The molecule has 3 rings (SSSR count). The van der Waals surface area contributed by atoms with Crippen LogP contribution in [0.1, 0.15) is 22.7 Å². The Bertz CT molecular complexity index is 822. The molecule has 3 aromatic rings. The van der Waals surface area contributed by atoms with Gasteiger partial charge in [0.2, 0.25) is 0 Å². The molecule has 2 N–H and O–H groups in total. The van der Waals surface area contributed by atoms with E-state index < -0.39 is 0 Å². The summed E-state index contributed by atoms with van der Waals surface area (Å²) in [4.78, 5) is 0. The Kier molecular flexibility index (Phi) is 6.85. The molecule has 27 heavy (non-hydrogen) atoms. The number of nitrogens with one attached hydrogen (secondary N) is 1. The number of hydrogen-bond acceptors (Lipinski definition) is 4. The SMILES string of the molecule is COc1cccc(CN[C@H](CO)c2ccccc2)c1OCc1ccccc1. The highest BCUT2D eigenvalue weighted by molar-refractivity contribution is 5.46. The normalized spacial score (nSPS) is 11.8. The van der Waals surface area contributed by atoms with Crippen molar-refractivity contribution in [2.24, 2.45) is 0 Å². The molecule has 0 saturated heterocycles. The zero-order valence-electron chi connectivity index (χ0n) is 15.5. The van der Waals surface area contributed by atoms with Gasteiger partial charge in [0.05, 0.1) is 19.8 Å². The maximum absolute atomic E-state index is 9.76. The molecule has 0 aliphatic carbocycles. The average molecular weight is 363 g/mol. The van der Waals surface area contributed by atoms with E-state index in [1.54, 1.807) is 7.11 Å². The summed E-state index contributed by atoms with van der Waals surface area (Å²) < 4.78 is 11.6. The molecule has 0 saturated carbocycles. The third-order valence-corrected chi connectivity index (χ3v) is 4.43. The van der Waals surface area contributed by atoms with Crippen LogP contribution in [-0.4, -0.2) is 18.8 Å². The molecule has 0 unspecified atom stereocenters. The number of para-hydroxylation sites is 1. The predicted octanol–water partition coefficient (Wildman–Crippen LogP) is 4.10. The Morgan fingerprint density at radius 2 is 1.59 bits per heavy atom. The van der Waals surface area contributed by atoms with Crippen molar-refractivity contribution in [3.8, 4) is 11.5 Å². The summed E-state index contributed by atoms with van der Waals surface area (Å²) in [6, 6.07) is 25.7. The summed E-state index contributed by atoms with van der Waals surface area (Å²) in [6.07, 6.45) is 0. The fraction of sp³-hybridized carbons (Fsp3) is 0.217. The summed E-state index contributed by atoms with van der Waals surface area (Å²) in [5.74, 6) is 1.42. The van der Waals surface area contributed by atoms with Crippen molar-refractivity contribution in [2.75, 3.05) is 13.7 Å². The lowest BCUT2D eigenvalue weighted by molar-refractivity contribution is 0.241. The monoisotopic (exact) mass is 363 g/mol. The number of aliphatic hydroxyl groups excluding tert-OH is 1. The third-order valence-electron chi connectivity index (χ3n) is 4.43. The largest absolute Gasteiger partial charge is 0.493 e. The van der Waals surface area contributed by atoms with Crippen molar-refractivity contribution in [3.05, 3.63) is 95.6 Å². The van der Waals surface area contributed by atoms with Gasteiger partial charge in [0.15, 0.2) is 11.5 Å². The molecule has 0 spiro atoms. The van der Waals surface area contributed by atoms with E-state index in [0.29, 0.717) is 18.9 Å². The van der Waals surface area contributed by atoms with Crippen molar-refractivity contribution in [1.29, 1.82) is 0 Å². The quantitative estimate of drug-likeness (QED) is 0.601. The van der Waals surface area contributed by atoms with Crippen LogP contribution in [0.2, 0.25) is 0 Å². The molecule has 0 radical (unpaired) electrons. The van der Waals surface area contributed by atoms with Crippen LogP contribution in [0.4, 0.5) is 0 Å². The minimum absolute atomic E-state index is 0.0220. The molecule has 0 heterocycles. The Hall–Kier alpha value is -2.82. The molecule has 4 heteroatoms. The van der Waals surface area contributed by atoms with Gasteiger partial charge in [0.1, 0.15) is 6.61 Å². The highest BCUT2D eigenvalue weighted by atomic mass is 16.5. The van der Waals surface area contributed by atoms with Gasteiger partial charge in [0, 0.05) is 12.1 Å². The molecule has 1 atom stereocenters. The molecule has 0 bridgehead atoms. The van der Waals surface area contributed by atoms with Gasteiger partial charge in [0.25, 0.3) is 0 Å². The van der Waals surface area contributed by atoms with Crippen LogP contribution >= 0.6 is 0 Å². The van der Waals surface area contributed by atoms with Crippen molar-refractivity contribution < 1.29 is 14.6 Å². The summed E-state index contributed by atoms with van der Waals surface area (Å²) in [6.45, 7) is 1.05. The Labute approximate surface area is 160 Å². The van der Waals surface area contributed by atoms with Gasteiger partial charge in [-0.1, -0.05) is 72.8 Å². The fourth-order valence-electron chi connectivity index (χ4n) is 2.96. The summed E-state index contributed by atoms with van der Waals surface area (Å²) >= 11 is 0. The first-order chi connectivity index (χ1) is 13.3. The molecule has 0 aliphatic rings. The van der Waals surface area contributed by atoms with E-state index in [0.717, 1.165) is 22.4 Å². The van der Waals surface area contributed by atoms with Gasteiger partial charge in [-0.25, -0.2) is 0 Å². The van der Waals surface area contributed by atoms with E-state index in [2.05, 4.69) is 5.32 Å². The van der Waals surface area contributed by atoms with E-state index in [1.165, 1.54) is 0 Å². The van der Waals surface area contributed by atoms with Crippen molar-refractivity contribution in [1.82, 2.24) is 5.32 Å². The second-order valence-corrected chi connectivity index (χ2v) is 6.25. The van der Waals surface area contributed by atoms with E-state index in [9.17, 15) is 5.11 Å². The molecule has 0 aromatic heterocycles. The molecule has 140 valence electrons. The molecule has 3 aromatic carbocycles. The number of aliphatic hydroxyl groups is 1. The van der Waals surface area contributed by atoms with Gasteiger partial charge < -0.3 is 19.9 Å². The van der Waals surface area contributed by atoms with Gasteiger partial charge in [-0.05, 0) is 17.2 Å². The zero-order valence-corrected chi connectivity index (χ0v) is 15.5. The van der Waals surface area contributed by atoms with Gasteiger partial charge in [-0.15, -0.1) is 0 Å². The second kappa shape index (κ2) is 9.76. The second-order valence-electron chi connectivity index (χ2n) is 6.25. The van der Waals surface area contributed by atoms with E-state index in [-0.39, 0.29) is 12.6 Å². The zero-order chi connectivity index (χ0) is 18.9. The summed E-state index contributed by atoms with van der Waals surface area (Å²) in [7, 11) is 1.64. The van der Waals surface area contributed by atoms with Crippen molar-refractivity contribution in [3.63, 3.8) is 0 Å². The smallest absolute Gasteiger partial charge is 0.166 e. The number of ether oxygens (including phenoxy) is 2. The number of hydrogen-bond donors (Lipinski definition) is 2. The highest BCUT2D eigenvalue weighted by Gasteiger charge is 2.14. The van der Waals surface area contributed by atoms with Crippen LogP contribution in [0, 0.1) is 0 Å². The Balaban J connectivity index is 1.74. The van der Waals surface area contributed by atoms with Crippen LogP contribution in [0.15, 0.2) is 78.9 Å². The van der Waals surface area contributed by atoms with Crippen LogP contribution in [0.5, 0.6) is 11.5 Å². The third kappa shape index (κ3) is 5.09. The number of benzene rings is 3. The van der Waals surface area contributed by atoms with Crippen molar-refractivity contribution >= 4 is 0 Å². The van der Waals surface area contributed by atoms with Crippen LogP contribution in [0.3, 0.4) is 0 Å². The van der Waals surface area contributed by atoms with E-state index >= 15 is 0 Å². The Morgan fingerprint density at radius 3 is 2.26 bits per heavy atom. The van der Waals surface area contributed by atoms with Crippen LogP contribution < -0.4 is 14.8 Å². The maximum atomic E-state index is 9.76. The molecule has 0 amide bonds. The Morgan fingerprint density at radius 1 is 0.889 bits per heavy atom. The topological polar surface area (TPSA) is 50.7 Å². The van der Waals surface area contributed by atoms with Crippen LogP contribution in [0.25, 0.3) is 0 Å². The maximum Gasteiger partial charge on any atom is 0.166 e. The molecule has 0 aliphatic heterocycles. The van der Waals surface area contributed by atoms with E-state index in [4.69, 9.17) is 9.47 Å². The minimum atomic E-state index is -0.139. The average Bonchev–Trinajstić information content (AvgIpc) is 2.74. The lowest BCUT2D eigenvalue weighted by Crippen LogP contribution is -2.24. The number of rotatable bonds is 9. The molecule has 0 fully saturated rings. The van der Waals surface area contributed by atoms with E-state index in [1.807, 2.05) is 78.9 Å². The predicted molar refractivity (Wildman–Crippen MR) is 107 cm³/mol. The standard InChI is InChI=1S/C23H25NO3/c1-26-22-14-8-13-20(23(22)27-17-18-9-4-2-5-10-18)15-24-21(16-25)19-11-6-3-7-12-19/h2-14,21,24-25H,15-17H2,1H3/t21-/m1/s1. The summed E-state index contributed by atoms with van der Waals surface area (Å²) in [5.41, 5.74) is 3.13. The van der Waals surface area contributed by atoms with Gasteiger partial charge >= 0.3 is 0 Å². The minimum Gasteiger partial charge on any atom is -0.493 e. The molecular formula is C23H25NO3.